The Bertz CT molecular complexity index is 2820. The van der Waals surface area contributed by atoms with Crippen LogP contribution in [-0.4, -0.2) is 0 Å². The lowest BCUT2D eigenvalue weighted by Gasteiger charge is -2.40. The summed E-state index contributed by atoms with van der Waals surface area (Å²) < 4.78 is 9.37. The van der Waals surface area contributed by atoms with Gasteiger partial charge in [0.05, 0.1) is 5.41 Å². The zero-order valence-electron chi connectivity index (χ0n) is 27.0. The van der Waals surface area contributed by atoms with Crippen molar-refractivity contribution in [2.24, 2.45) is 0 Å². The quantitative estimate of drug-likeness (QED) is 0.188. The van der Waals surface area contributed by atoms with Gasteiger partial charge in [-0.2, -0.15) is 0 Å². The van der Waals surface area contributed by atoms with Crippen LogP contribution in [0.15, 0.2) is 176 Å². The fraction of sp³-hybridized carbons (Fsp3) is 0.0213. The molecule has 0 saturated carbocycles. The SMILES string of the molecule is c1ccc(N(c2ccc3c(c2)C2(c4ccccc4Oc4ccc5ccccc5c42)c2ccccc2-3)c2ccc3c(c2)sc2ccccc23)cc1. The summed E-state index contributed by atoms with van der Waals surface area (Å²) in [6.07, 6.45) is 0. The first-order valence-corrected chi connectivity index (χ1v) is 17.9. The second-order valence-corrected chi connectivity index (χ2v) is 14.3. The van der Waals surface area contributed by atoms with Gasteiger partial charge in [0.1, 0.15) is 11.5 Å². The van der Waals surface area contributed by atoms with Crippen molar-refractivity contribution in [2.75, 3.05) is 4.90 Å². The average molecular weight is 656 g/mol. The Hall–Kier alpha value is -6.16. The maximum atomic E-state index is 6.78. The number of nitrogens with zero attached hydrogens (tertiary/aromatic N) is 1. The summed E-state index contributed by atoms with van der Waals surface area (Å²) in [5.41, 5.74) is 10.3. The smallest absolute Gasteiger partial charge is 0.132 e. The standard InChI is InChI=1S/C47H29NOS/c1-2-13-31(14-3-1)48(33-24-26-38-37-17-7-11-21-44(37)50-45(38)29-33)32-23-25-36-35-16-6-8-18-39(35)47(41(36)28-32)40-19-9-10-20-42(40)49-43-27-22-30-12-4-5-15-34(30)46(43)47/h1-29H. The second-order valence-electron chi connectivity index (χ2n) is 13.2. The maximum absolute atomic E-state index is 6.78. The largest absolute Gasteiger partial charge is 0.457 e. The molecule has 0 radical (unpaired) electrons. The van der Waals surface area contributed by atoms with Crippen molar-refractivity contribution in [1.82, 2.24) is 0 Å². The zero-order valence-corrected chi connectivity index (χ0v) is 27.8. The molecule has 1 atom stereocenters. The van der Waals surface area contributed by atoms with E-state index in [1.807, 2.05) is 11.3 Å². The number of hydrogen-bond donors (Lipinski definition) is 0. The molecule has 0 N–H and O–H groups in total. The number of thiophene rings is 1. The molecule has 11 rings (SSSR count). The van der Waals surface area contributed by atoms with Crippen LogP contribution in [0.25, 0.3) is 42.1 Å². The molecule has 1 aromatic heterocycles. The summed E-state index contributed by atoms with van der Waals surface area (Å²) in [6, 6.07) is 64.2. The van der Waals surface area contributed by atoms with Crippen molar-refractivity contribution >= 4 is 59.3 Å². The molecule has 1 spiro atoms. The van der Waals surface area contributed by atoms with Crippen molar-refractivity contribution < 1.29 is 4.74 Å². The lowest BCUT2D eigenvalue weighted by Crippen LogP contribution is -2.32. The van der Waals surface area contributed by atoms with Gasteiger partial charge in [0.15, 0.2) is 0 Å². The third-order valence-electron chi connectivity index (χ3n) is 10.7. The minimum absolute atomic E-state index is 0.579. The third-order valence-corrected chi connectivity index (χ3v) is 11.8. The molecule has 1 aliphatic heterocycles. The molecule has 0 fully saturated rings. The Kier molecular flexibility index (Phi) is 5.78. The minimum Gasteiger partial charge on any atom is -0.457 e. The van der Waals surface area contributed by atoms with Gasteiger partial charge in [-0.15, -0.1) is 11.3 Å². The molecule has 2 heterocycles. The van der Waals surface area contributed by atoms with E-state index in [0.29, 0.717) is 0 Å². The second kappa shape index (κ2) is 10.4. The summed E-state index contributed by atoms with van der Waals surface area (Å²) >= 11 is 1.86. The van der Waals surface area contributed by atoms with Gasteiger partial charge in [0.2, 0.25) is 0 Å². The number of hydrogen-bond acceptors (Lipinski definition) is 3. The molecular weight excluding hydrogens is 627 g/mol. The van der Waals surface area contributed by atoms with Crippen LogP contribution in [0.2, 0.25) is 0 Å². The summed E-state index contributed by atoms with van der Waals surface area (Å²) in [7, 11) is 0. The molecule has 1 unspecified atom stereocenters. The summed E-state index contributed by atoms with van der Waals surface area (Å²) in [6.45, 7) is 0. The maximum Gasteiger partial charge on any atom is 0.132 e. The van der Waals surface area contributed by atoms with Gasteiger partial charge < -0.3 is 9.64 Å². The molecule has 0 saturated heterocycles. The van der Waals surface area contributed by atoms with Gasteiger partial charge in [0.25, 0.3) is 0 Å². The van der Waals surface area contributed by atoms with Crippen LogP contribution in [0.3, 0.4) is 0 Å². The van der Waals surface area contributed by atoms with Crippen molar-refractivity contribution in [3.05, 3.63) is 198 Å². The van der Waals surface area contributed by atoms with Crippen molar-refractivity contribution in [1.29, 1.82) is 0 Å². The Labute approximate surface area is 294 Å². The van der Waals surface area contributed by atoms with Gasteiger partial charge in [-0.05, 0) is 87.6 Å². The van der Waals surface area contributed by atoms with E-state index >= 15 is 0 Å². The van der Waals surface area contributed by atoms with Crippen molar-refractivity contribution in [2.45, 2.75) is 5.41 Å². The lowest BCUT2D eigenvalue weighted by molar-refractivity contribution is 0.438. The molecule has 0 amide bonds. The molecule has 2 nitrogen and oxygen atoms in total. The predicted molar refractivity (Wildman–Crippen MR) is 209 cm³/mol. The van der Waals surface area contributed by atoms with Gasteiger partial charge in [-0.1, -0.05) is 121 Å². The fourth-order valence-electron chi connectivity index (χ4n) is 8.69. The predicted octanol–water partition coefficient (Wildman–Crippen LogP) is 13.1. The third kappa shape index (κ3) is 3.73. The van der Waals surface area contributed by atoms with E-state index in [0.717, 1.165) is 28.6 Å². The summed E-state index contributed by atoms with van der Waals surface area (Å²) in [4.78, 5) is 2.41. The van der Waals surface area contributed by atoms with E-state index in [9.17, 15) is 0 Å². The number of anilines is 3. The Morgan fingerprint density at radius 2 is 1.10 bits per heavy atom. The van der Waals surface area contributed by atoms with Crippen molar-refractivity contribution in [3.8, 4) is 22.6 Å². The van der Waals surface area contributed by atoms with Crippen LogP contribution in [0.1, 0.15) is 22.3 Å². The number of para-hydroxylation sites is 2. The van der Waals surface area contributed by atoms with E-state index in [1.165, 1.54) is 64.3 Å². The molecule has 2 aliphatic rings. The molecule has 3 heteroatoms. The first kappa shape index (κ1) is 27.8. The monoisotopic (exact) mass is 655 g/mol. The molecule has 8 aromatic carbocycles. The number of ether oxygens (including phenoxy) is 1. The lowest BCUT2D eigenvalue weighted by atomic mass is 9.65. The Morgan fingerprint density at radius 1 is 0.420 bits per heavy atom. The van der Waals surface area contributed by atoms with Gasteiger partial charge in [-0.3, -0.25) is 0 Å². The van der Waals surface area contributed by atoms with Crippen LogP contribution in [0.4, 0.5) is 17.1 Å². The van der Waals surface area contributed by atoms with Gasteiger partial charge >= 0.3 is 0 Å². The minimum atomic E-state index is -0.579. The molecule has 0 bridgehead atoms. The van der Waals surface area contributed by atoms with Crippen LogP contribution in [0, 0.1) is 0 Å². The summed E-state index contributed by atoms with van der Waals surface area (Å²) in [5, 5.41) is 5.03. The van der Waals surface area contributed by atoms with E-state index in [1.54, 1.807) is 0 Å². The fourth-order valence-corrected chi connectivity index (χ4v) is 9.83. The highest BCUT2D eigenvalue weighted by atomic mass is 32.1. The van der Waals surface area contributed by atoms with E-state index < -0.39 is 5.41 Å². The van der Waals surface area contributed by atoms with E-state index in [4.69, 9.17) is 4.74 Å². The molecule has 1 aliphatic carbocycles. The first-order chi connectivity index (χ1) is 24.8. The van der Waals surface area contributed by atoms with Crippen molar-refractivity contribution in [3.63, 3.8) is 0 Å². The van der Waals surface area contributed by atoms with Crippen LogP contribution >= 0.6 is 11.3 Å². The van der Waals surface area contributed by atoms with Crippen LogP contribution in [-0.2, 0) is 5.41 Å². The Balaban J connectivity index is 1.22. The highest BCUT2D eigenvalue weighted by Crippen LogP contribution is 2.64. The highest BCUT2D eigenvalue weighted by molar-refractivity contribution is 7.25. The van der Waals surface area contributed by atoms with Gasteiger partial charge in [-0.25, -0.2) is 0 Å². The van der Waals surface area contributed by atoms with Crippen LogP contribution in [0.5, 0.6) is 11.5 Å². The normalized spacial score (nSPS) is 15.4. The topological polar surface area (TPSA) is 12.5 Å². The molecule has 50 heavy (non-hydrogen) atoms. The number of rotatable bonds is 3. The van der Waals surface area contributed by atoms with Crippen LogP contribution < -0.4 is 9.64 Å². The van der Waals surface area contributed by atoms with E-state index in [2.05, 4.69) is 181 Å². The average Bonchev–Trinajstić information content (AvgIpc) is 3.68. The van der Waals surface area contributed by atoms with Gasteiger partial charge in [0, 0.05) is 48.4 Å². The molecule has 234 valence electrons. The number of benzene rings is 8. The number of fused-ring (bicyclic) bond motifs is 14. The van der Waals surface area contributed by atoms with E-state index in [-0.39, 0.29) is 0 Å². The summed E-state index contributed by atoms with van der Waals surface area (Å²) in [5.74, 6) is 1.81. The first-order valence-electron chi connectivity index (χ1n) is 17.1. The molecule has 9 aromatic rings. The molecular formula is C47H29NOS. The zero-order chi connectivity index (χ0) is 32.8. The highest BCUT2D eigenvalue weighted by Gasteiger charge is 2.52. The Morgan fingerprint density at radius 3 is 2.02 bits per heavy atom.